The van der Waals surface area contributed by atoms with Gasteiger partial charge in [-0.15, -0.1) is 0 Å². The molecule has 1 fully saturated rings. The molecule has 35 heavy (non-hydrogen) atoms. The van der Waals surface area contributed by atoms with Crippen LogP contribution < -0.4 is 0 Å². The fourth-order valence-electron chi connectivity index (χ4n) is 5.19. The van der Waals surface area contributed by atoms with Gasteiger partial charge in [-0.1, -0.05) is 18.2 Å². The van der Waals surface area contributed by atoms with Crippen LogP contribution in [0.15, 0.2) is 66.1 Å². The predicted octanol–water partition coefficient (Wildman–Crippen LogP) is 4.66. The summed E-state index contributed by atoms with van der Waals surface area (Å²) in [5.74, 6) is 1.78. The number of fused-ring (bicyclic) bond motifs is 3. The van der Waals surface area contributed by atoms with Gasteiger partial charge in [-0.05, 0) is 49.8 Å². The van der Waals surface area contributed by atoms with Crippen molar-refractivity contribution in [2.24, 2.45) is 5.92 Å². The summed E-state index contributed by atoms with van der Waals surface area (Å²) in [5.41, 5.74) is 1.91. The van der Waals surface area contributed by atoms with Crippen molar-refractivity contribution in [2.45, 2.75) is 43.0 Å². The molecule has 6 rings (SSSR count). The van der Waals surface area contributed by atoms with Gasteiger partial charge in [0, 0.05) is 36.4 Å². The molecule has 0 spiro atoms. The van der Waals surface area contributed by atoms with Crippen molar-refractivity contribution in [1.82, 2.24) is 28.5 Å². The maximum Gasteiger partial charge on any atom is 0.269 e. The van der Waals surface area contributed by atoms with E-state index in [1.807, 2.05) is 0 Å². The maximum absolute atomic E-state index is 13.4. The third kappa shape index (κ3) is 3.51. The summed E-state index contributed by atoms with van der Waals surface area (Å²) >= 11 is 0. The lowest BCUT2D eigenvalue weighted by molar-refractivity contribution is 0.283. The molecule has 0 saturated heterocycles. The molecule has 0 amide bonds. The number of benzene rings is 1. The smallest absolute Gasteiger partial charge is 0.269 e. The van der Waals surface area contributed by atoms with E-state index in [9.17, 15) is 8.42 Å². The monoisotopic (exact) mass is 485 g/mol. The van der Waals surface area contributed by atoms with E-state index in [0.717, 1.165) is 36.6 Å². The molecule has 176 valence electrons. The summed E-state index contributed by atoms with van der Waals surface area (Å²) < 4.78 is 30.2. The molecule has 1 N–H and O–H groups in total. The predicted molar refractivity (Wildman–Crippen MR) is 131 cm³/mol. The van der Waals surface area contributed by atoms with Gasteiger partial charge < -0.3 is 9.55 Å². The highest BCUT2D eigenvalue weighted by Crippen LogP contribution is 2.40. The number of aromatic amines is 1. The lowest BCUT2D eigenvalue weighted by atomic mass is 9.84. The van der Waals surface area contributed by atoms with Crippen LogP contribution in [0, 0.1) is 17.2 Å². The first kappa shape index (κ1) is 21.6. The van der Waals surface area contributed by atoms with Crippen LogP contribution in [0.3, 0.4) is 0 Å². The summed E-state index contributed by atoms with van der Waals surface area (Å²) in [7, 11) is -3.80. The summed E-state index contributed by atoms with van der Waals surface area (Å²) in [5, 5.41) is 9.84. The van der Waals surface area contributed by atoms with Crippen LogP contribution in [0.4, 0.5) is 0 Å². The second kappa shape index (κ2) is 8.36. The molecule has 0 atom stereocenters. The highest BCUT2D eigenvalue weighted by Gasteiger charge is 2.29. The molecule has 4 heterocycles. The largest absolute Gasteiger partial charge is 0.342 e. The topological polar surface area (TPSA) is 122 Å². The Labute approximate surface area is 202 Å². The lowest BCUT2D eigenvalue weighted by Crippen LogP contribution is -2.19. The van der Waals surface area contributed by atoms with Gasteiger partial charge in [0.2, 0.25) is 0 Å². The Morgan fingerprint density at radius 1 is 1.09 bits per heavy atom. The summed E-state index contributed by atoms with van der Waals surface area (Å²) in [4.78, 5) is 17.2. The number of hydrogen-bond donors (Lipinski definition) is 1. The van der Waals surface area contributed by atoms with Gasteiger partial charge in [-0.3, -0.25) is 0 Å². The van der Waals surface area contributed by atoms with Crippen LogP contribution in [0.1, 0.15) is 38.1 Å². The van der Waals surface area contributed by atoms with Crippen molar-refractivity contribution in [3.63, 3.8) is 0 Å². The Bertz CT molecular complexity index is 1650. The van der Waals surface area contributed by atoms with Gasteiger partial charge in [-0.2, -0.15) is 5.26 Å². The van der Waals surface area contributed by atoms with Crippen molar-refractivity contribution in [3.8, 4) is 17.7 Å². The summed E-state index contributed by atoms with van der Waals surface area (Å²) in [6.07, 6.45) is 11.0. The number of imidazole rings is 2. The number of nitriles is 1. The zero-order chi connectivity index (χ0) is 24.0. The highest BCUT2D eigenvalue weighted by atomic mass is 32.2. The Hall–Kier alpha value is -3.97. The van der Waals surface area contributed by atoms with Crippen LogP contribution in [0.2, 0.25) is 0 Å². The van der Waals surface area contributed by atoms with Gasteiger partial charge >= 0.3 is 0 Å². The molecule has 1 aromatic carbocycles. The van der Waals surface area contributed by atoms with Crippen molar-refractivity contribution < 1.29 is 8.42 Å². The SMILES string of the molecule is N#CCC1CCC(n2c(-c3ncc[nH]3)nc3cnc4c(ccn4S(=O)(=O)c4ccccc4)c32)CC1. The Morgan fingerprint density at radius 3 is 2.60 bits per heavy atom. The molecular formula is C25H23N7O2S. The van der Waals surface area contributed by atoms with Crippen LogP contribution in [-0.2, 0) is 10.0 Å². The zero-order valence-electron chi connectivity index (χ0n) is 18.9. The fourth-order valence-corrected chi connectivity index (χ4v) is 6.52. The summed E-state index contributed by atoms with van der Waals surface area (Å²) in [6, 6.07) is 12.6. The maximum atomic E-state index is 13.4. The fraction of sp³-hybridized carbons (Fsp3) is 0.280. The molecule has 1 aliphatic rings. The first-order chi connectivity index (χ1) is 17.1. The van der Waals surface area contributed by atoms with E-state index < -0.39 is 10.0 Å². The van der Waals surface area contributed by atoms with E-state index >= 15 is 0 Å². The Balaban J connectivity index is 1.54. The van der Waals surface area contributed by atoms with Gasteiger partial charge in [-0.25, -0.2) is 27.3 Å². The molecule has 1 aliphatic carbocycles. The van der Waals surface area contributed by atoms with E-state index in [2.05, 4.69) is 25.6 Å². The third-order valence-electron chi connectivity index (χ3n) is 6.90. The highest BCUT2D eigenvalue weighted by molar-refractivity contribution is 7.90. The van der Waals surface area contributed by atoms with Gasteiger partial charge in [0.1, 0.15) is 5.52 Å². The molecule has 9 nitrogen and oxygen atoms in total. The standard InChI is InChI=1S/C25H23N7O2S/c26-12-10-17-6-8-18(9-7-17)32-22-20-11-15-31(35(33,34)19-4-2-1-3-5-19)24(20)29-16-21(22)30-25(32)23-27-13-14-28-23/h1-5,11,13-18H,6-10H2,(H,27,28). The number of rotatable bonds is 5. The van der Waals surface area contributed by atoms with Crippen LogP contribution in [0.25, 0.3) is 33.7 Å². The van der Waals surface area contributed by atoms with Gasteiger partial charge in [0.15, 0.2) is 17.3 Å². The first-order valence-corrected chi connectivity index (χ1v) is 13.1. The van der Waals surface area contributed by atoms with Crippen molar-refractivity contribution >= 4 is 32.1 Å². The average molecular weight is 486 g/mol. The normalized spacial score (nSPS) is 18.7. The van der Waals surface area contributed by atoms with Crippen molar-refractivity contribution in [3.05, 3.63) is 61.2 Å². The van der Waals surface area contributed by atoms with Crippen LogP contribution >= 0.6 is 0 Å². The number of nitrogens with one attached hydrogen (secondary N) is 1. The van der Waals surface area contributed by atoms with E-state index in [0.29, 0.717) is 35.2 Å². The molecule has 0 bridgehead atoms. The second-order valence-electron chi connectivity index (χ2n) is 8.94. The van der Waals surface area contributed by atoms with Crippen molar-refractivity contribution in [1.29, 1.82) is 5.26 Å². The summed E-state index contributed by atoms with van der Waals surface area (Å²) in [6.45, 7) is 0. The Morgan fingerprint density at radius 2 is 1.89 bits per heavy atom. The average Bonchev–Trinajstić information content (AvgIpc) is 3.63. The van der Waals surface area contributed by atoms with E-state index in [1.165, 1.54) is 3.97 Å². The number of pyridine rings is 1. The number of H-pyrrole nitrogens is 1. The van der Waals surface area contributed by atoms with E-state index in [1.54, 1.807) is 61.2 Å². The molecule has 4 aromatic heterocycles. The minimum absolute atomic E-state index is 0.162. The molecule has 0 unspecified atom stereocenters. The number of hydrogen-bond acceptors (Lipinski definition) is 6. The zero-order valence-corrected chi connectivity index (χ0v) is 19.7. The quantitative estimate of drug-likeness (QED) is 0.386. The molecule has 0 aliphatic heterocycles. The molecule has 1 saturated carbocycles. The van der Waals surface area contributed by atoms with Crippen LogP contribution in [-0.4, -0.2) is 36.9 Å². The molecule has 10 heteroatoms. The van der Waals surface area contributed by atoms with E-state index in [-0.39, 0.29) is 10.9 Å². The van der Waals surface area contributed by atoms with E-state index in [4.69, 9.17) is 10.2 Å². The minimum Gasteiger partial charge on any atom is -0.342 e. The first-order valence-electron chi connectivity index (χ1n) is 11.6. The molecule has 0 radical (unpaired) electrons. The number of nitrogens with zero attached hydrogens (tertiary/aromatic N) is 6. The van der Waals surface area contributed by atoms with Crippen molar-refractivity contribution in [2.75, 3.05) is 0 Å². The second-order valence-corrected chi connectivity index (χ2v) is 10.8. The lowest BCUT2D eigenvalue weighted by Gasteiger charge is -2.29. The van der Waals surface area contributed by atoms with Gasteiger partial charge in [0.05, 0.1) is 22.7 Å². The number of aromatic nitrogens is 6. The Kier molecular flexibility index (Phi) is 5.15. The molecular weight excluding hydrogens is 462 g/mol. The minimum atomic E-state index is -3.80. The molecule has 5 aromatic rings. The van der Waals surface area contributed by atoms with Crippen LogP contribution in [0.5, 0.6) is 0 Å². The third-order valence-corrected chi connectivity index (χ3v) is 8.58. The van der Waals surface area contributed by atoms with Gasteiger partial charge in [0.25, 0.3) is 10.0 Å².